The lowest BCUT2D eigenvalue weighted by Gasteiger charge is -2.40. The van der Waals surface area contributed by atoms with Crippen molar-refractivity contribution >= 4 is 0 Å². The summed E-state index contributed by atoms with van der Waals surface area (Å²) in [6.07, 6.45) is 0. The number of phenols is 1. The molecule has 3 rings (SSSR count). The van der Waals surface area contributed by atoms with Gasteiger partial charge in [0.25, 0.3) is 0 Å². The molecular weight excluding hydrogens is 296 g/mol. The van der Waals surface area contributed by atoms with Crippen LogP contribution < -0.4 is 4.74 Å². The fourth-order valence-electron chi connectivity index (χ4n) is 3.45. The molecule has 0 amide bonds. The van der Waals surface area contributed by atoms with Crippen LogP contribution in [0.1, 0.15) is 70.7 Å². The first-order valence-electron chi connectivity index (χ1n) is 8.61. The standard InChI is InChI=1S/C22H28O2/c1-20(2,3)16-12-14(8-10-18(16)23)21(4,5)15-9-11-19-17(13-15)22(6,7)24-19/h8-13,23H,1-7H3. The molecule has 1 N–H and O–H groups in total. The van der Waals surface area contributed by atoms with Gasteiger partial charge in [0.1, 0.15) is 17.1 Å². The van der Waals surface area contributed by atoms with E-state index in [2.05, 4.69) is 72.7 Å². The van der Waals surface area contributed by atoms with Gasteiger partial charge < -0.3 is 9.84 Å². The molecule has 0 spiro atoms. The molecule has 0 radical (unpaired) electrons. The highest BCUT2D eigenvalue weighted by molar-refractivity contribution is 5.52. The molecule has 0 fully saturated rings. The largest absolute Gasteiger partial charge is 0.508 e. The Morgan fingerprint density at radius 2 is 1.46 bits per heavy atom. The Kier molecular flexibility index (Phi) is 3.53. The SMILES string of the molecule is CC(C)(C)c1cc(C(C)(C)c2ccc3c(c2)C(C)(C)O3)ccc1O. The van der Waals surface area contributed by atoms with Crippen LogP contribution in [-0.4, -0.2) is 5.11 Å². The summed E-state index contributed by atoms with van der Waals surface area (Å²) >= 11 is 0. The monoisotopic (exact) mass is 324 g/mol. The van der Waals surface area contributed by atoms with Crippen molar-refractivity contribution in [1.29, 1.82) is 0 Å². The lowest BCUT2D eigenvalue weighted by atomic mass is 9.74. The molecule has 0 saturated carbocycles. The summed E-state index contributed by atoms with van der Waals surface area (Å²) in [5.41, 5.74) is 4.29. The maximum absolute atomic E-state index is 10.2. The fraction of sp³-hybridized carbons (Fsp3) is 0.455. The zero-order chi connectivity index (χ0) is 17.9. The van der Waals surface area contributed by atoms with Crippen LogP contribution in [0.4, 0.5) is 0 Å². The Bertz CT molecular complexity index is 792. The van der Waals surface area contributed by atoms with Crippen LogP contribution in [-0.2, 0) is 16.4 Å². The Morgan fingerprint density at radius 1 is 0.875 bits per heavy atom. The number of fused-ring (bicyclic) bond motifs is 1. The summed E-state index contributed by atoms with van der Waals surface area (Å²) in [6, 6.07) is 12.5. The second kappa shape index (κ2) is 5.02. The molecule has 0 atom stereocenters. The van der Waals surface area contributed by atoms with Crippen molar-refractivity contribution in [3.05, 3.63) is 58.7 Å². The third-order valence-corrected chi connectivity index (χ3v) is 5.24. The van der Waals surface area contributed by atoms with E-state index in [4.69, 9.17) is 4.74 Å². The molecule has 0 aliphatic carbocycles. The van der Waals surface area contributed by atoms with Gasteiger partial charge in [-0.15, -0.1) is 0 Å². The van der Waals surface area contributed by atoms with Crippen molar-refractivity contribution in [2.45, 2.75) is 64.9 Å². The Hall–Kier alpha value is -1.96. The predicted octanol–water partition coefficient (Wildman–Crippen LogP) is 5.64. The van der Waals surface area contributed by atoms with Crippen molar-refractivity contribution in [3.8, 4) is 11.5 Å². The van der Waals surface area contributed by atoms with Crippen LogP contribution >= 0.6 is 0 Å². The lowest BCUT2D eigenvalue weighted by Crippen LogP contribution is -2.35. The average molecular weight is 324 g/mol. The number of hydrogen-bond acceptors (Lipinski definition) is 2. The topological polar surface area (TPSA) is 29.5 Å². The van der Waals surface area contributed by atoms with Crippen molar-refractivity contribution in [1.82, 2.24) is 0 Å². The van der Waals surface area contributed by atoms with Crippen molar-refractivity contribution < 1.29 is 9.84 Å². The fourth-order valence-corrected chi connectivity index (χ4v) is 3.45. The van der Waals surface area contributed by atoms with E-state index in [0.717, 1.165) is 11.3 Å². The zero-order valence-corrected chi connectivity index (χ0v) is 15.8. The lowest BCUT2D eigenvalue weighted by molar-refractivity contribution is 0.0515. The van der Waals surface area contributed by atoms with E-state index >= 15 is 0 Å². The first kappa shape index (κ1) is 16.9. The van der Waals surface area contributed by atoms with E-state index < -0.39 is 0 Å². The third-order valence-electron chi connectivity index (χ3n) is 5.24. The minimum Gasteiger partial charge on any atom is -0.508 e. The normalized spacial score (nSPS) is 16.1. The van der Waals surface area contributed by atoms with Crippen molar-refractivity contribution in [3.63, 3.8) is 0 Å². The number of phenolic OH excluding ortho intramolecular Hbond substituents is 1. The Morgan fingerprint density at radius 3 is 2.04 bits per heavy atom. The summed E-state index contributed by atoms with van der Waals surface area (Å²) in [6.45, 7) is 15.1. The Labute approximate surface area is 145 Å². The summed E-state index contributed by atoms with van der Waals surface area (Å²) in [4.78, 5) is 0. The van der Waals surface area contributed by atoms with E-state index in [0.29, 0.717) is 5.75 Å². The third kappa shape index (κ3) is 2.58. The molecule has 0 bridgehead atoms. The van der Waals surface area contributed by atoms with E-state index in [1.54, 1.807) is 0 Å². The molecule has 1 aliphatic rings. The van der Waals surface area contributed by atoms with Gasteiger partial charge in [-0.25, -0.2) is 0 Å². The van der Waals surface area contributed by atoms with Crippen LogP contribution in [0.25, 0.3) is 0 Å². The first-order chi connectivity index (χ1) is 10.9. The summed E-state index contributed by atoms with van der Waals surface area (Å²) in [5.74, 6) is 1.36. The highest BCUT2D eigenvalue weighted by Crippen LogP contribution is 2.46. The van der Waals surface area contributed by atoms with Crippen LogP contribution in [0.15, 0.2) is 36.4 Å². The second-order valence-corrected chi connectivity index (χ2v) is 8.93. The molecule has 2 heteroatoms. The number of aromatic hydroxyl groups is 1. The average Bonchev–Trinajstić information content (AvgIpc) is 2.45. The number of rotatable bonds is 2. The Balaban J connectivity index is 2.07. The smallest absolute Gasteiger partial charge is 0.132 e. The maximum Gasteiger partial charge on any atom is 0.132 e. The van der Waals surface area contributed by atoms with Gasteiger partial charge >= 0.3 is 0 Å². The molecule has 2 aromatic carbocycles. The molecule has 2 aromatic rings. The van der Waals surface area contributed by atoms with Crippen LogP contribution in [0.5, 0.6) is 11.5 Å². The highest BCUT2D eigenvalue weighted by atomic mass is 16.5. The highest BCUT2D eigenvalue weighted by Gasteiger charge is 2.38. The molecule has 128 valence electrons. The molecule has 1 aliphatic heterocycles. The molecule has 2 nitrogen and oxygen atoms in total. The predicted molar refractivity (Wildman–Crippen MR) is 99.0 cm³/mol. The van der Waals surface area contributed by atoms with Gasteiger partial charge in [0, 0.05) is 11.0 Å². The second-order valence-electron chi connectivity index (χ2n) is 8.93. The summed E-state index contributed by atoms with van der Waals surface area (Å²) in [7, 11) is 0. The van der Waals surface area contributed by atoms with Crippen LogP contribution in [0.2, 0.25) is 0 Å². The van der Waals surface area contributed by atoms with Gasteiger partial charge in [0.05, 0.1) is 0 Å². The van der Waals surface area contributed by atoms with Gasteiger partial charge in [-0.3, -0.25) is 0 Å². The summed E-state index contributed by atoms with van der Waals surface area (Å²) < 4.78 is 5.79. The van der Waals surface area contributed by atoms with E-state index in [-0.39, 0.29) is 16.4 Å². The van der Waals surface area contributed by atoms with Gasteiger partial charge in [-0.05, 0) is 54.2 Å². The number of hydrogen-bond donors (Lipinski definition) is 1. The van der Waals surface area contributed by atoms with Crippen molar-refractivity contribution in [2.75, 3.05) is 0 Å². The molecule has 0 unspecified atom stereocenters. The number of benzene rings is 2. The minimum absolute atomic E-state index is 0.0908. The van der Waals surface area contributed by atoms with Crippen molar-refractivity contribution in [2.24, 2.45) is 0 Å². The van der Waals surface area contributed by atoms with Gasteiger partial charge in [-0.2, -0.15) is 0 Å². The van der Waals surface area contributed by atoms with Gasteiger partial charge in [-0.1, -0.05) is 52.8 Å². The summed E-state index contributed by atoms with van der Waals surface area (Å²) in [5, 5.41) is 10.2. The molecule has 0 aromatic heterocycles. The van der Waals surface area contributed by atoms with E-state index in [1.165, 1.54) is 16.7 Å². The van der Waals surface area contributed by atoms with Crippen LogP contribution in [0, 0.1) is 0 Å². The first-order valence-corrected chi connectivity index (χ1v) is 8.61. The maximum atomic E-state index is 10.2. The van der Waals surface area contributed by atoms with E-state index in [9.17, 15) is 5.11 Å². The van der Waals surface area contributed by atoms with Gasteiger partial charge in [0.15, 0.2) is 0 Å². The molecule has 0 saturated heterocycles. The molecular formula is C22H28O2. The van der Waals surface area contributed by atoms with Gasteiger partial charge in [0.2, 0.25) is 0 Å². The quantitative estimate of drug-likeness (QED) is 0.774. The molecule has 1 heterocycles. The van der Waals surface area contributed by atoms with E-state index in [1.807, 2.05) is 12.1 Å². The van der Waals surface area contributed by atoms with Crippen LogP contribution in [0.3, 0.4) is 0 Å². The number of ether oxygens (including phenoxy) is 1. The minimum atomic E-state index is -0.201. The zero-order valence-electron chi connectivity index (χ0n) is 15.8. The molecule has 24 heavy (non-hydrogen) atoms.